The highest BCUT2D eigenvalue weighted by Crippen LogP contribution is 2.25. The van der Waals surface area contributed by atoms with E-state index in [9.17, 15) is 9.90 Å². The summed E-state index contributed by atoms with van der Waals surface area (Å²) in [6, 6.07) is 7.50. The largest absolute Gasteiger partial charge is 0.389 e. The Bertz CT molecular complexity index is 617. The maximum Gasteiger partial charge on any atom is 0.254 e. The standard InChI is InChI=1S/C14H14N2O2S/c1-9-8-19-13(15-9)10-3-2-4-11(5-10)14(18)16-6-12(17)7-16/h2-5,8,12,17H,6-7H2,1H3. The van der Waals surface area contributed by atoms with Gasteiger partial charge < -0.3 is 10.0 Å². The van der Waals surface area contributed by atoms with Crippen LogP contribution in [0.25, 0.3) is 10.6 Å². The van der Waals surface area contributed by atoms with Crippen molar-refractivity contribution < 1.29 is 9.90 Å². The van der Waals surface area contributed by atoms with Gasteiger partial charge in [-0.1, -0.05) is 12.1 Å². The van der Waals surface area contributed by atoms with Crippen LogP contribution in [0.1, 0.15) is 16.1 Å². The first-order chi connectivity index (χ1) is 9.13. The number of aromatic nitrogens is 1. The number of carbonyl (C=O) groups is 1. The summed E-state index contributed by atoms with van der Waals surface area (Å²) < 4.78 is 0. The number of amides is 1. The molecule has 98 valence electrons. The van der Waals surface area contributed by atoms with Gasteiger partial charge in [-0.25, -0.2) is 4.98 Å². The Hall–Kier alpha value is -1.72. The number of aliphatic hydroxyl groups is 1. The summed E-state index contributed by atoms with van der Waals surface area (Å²) in [4.78, 5) is 18.2. The summed E-state index contributed by atoms with van der Waals surface area (Å²) in [6.07, 6.45) is -0.367. The number of β-amino-alcohol motifs (C(OH)–C–C–N with tert-alkyl or cyclic N) is 1. The van der Waals surface area contributed by atoms with Crippen LogP contribution in [0.3, 0.4) is 0 Å². The molecule has 1 aliphatic rings. The predicted octanol–water partition coefficient (Wildman–Crippen LogP) is 1.94. The van der Waals surface area contributed by atoms with E-state index in [1.54, 1.807) is 22.3 Å². The molecule has 1 N–H and O–H groups in total. The maximum atomic E-state index is 12.2. The molecule has 1 amide bonds. The quantitative estimate of drug-likeness (QED) is 0.910. The molecule has 0 atom stereocenters. The van der Waals surface area contributed by atoms with Crippen molar-refractivity contribution in [1.29, 1.82) is 0 Å². The molecule has 0 spiro atoms. The summed E-state index contributed by atoms with van der Waals surface area (Å²) in [6.45, 7) is 2.81. The molecule has 2 heterocycles. The summed E-state index contributed by atoms with van der Waals surface area (Å²) in [5, 5.41) is 12.2. The van der Waals surface area contributed by atoms with Gasteiger partial charge in [0.25, 0.3) is 5.91 Å². The van der Waals surface area contributed by atoms with E-state index in [4.69, 9.17) is 0 Å². The molecule has 5 heteroatoms. The highest BCUT2D eigenvalue weighted by atomic mass is 32.1. The first-order valence-corrected chi connectivity index (χ1v) is 7.01. The van der Waals surface area contributed by atoms with Gasteiger partial charge in [0.1, 0.15) is 5.01 Å². The Balaban J connectivity index is 1.85. The van der Waals surface area contributed by atoms with Gasteiger partial charge in [0.2, 0.25) is 0 Å². The smallest absolute Gasteiger partial charge is 0.254 e. The molecule has 1 aliphatic heterocycles. The van der Waals surface area contributed by atoms with E-state index in [0.29, 0.717) is 18.7 Å². The number of likely N-dealkylation sites (tertiary alicyclic amines) is 1. The fourth-order valence-electron chi connectivity index (χ4n) is 2.08. The van der Waals surface area contributed by atoms with Gasteiger partial charge in [-0.15, -0.1) is 11.3 Å². The minimum absolute atomic E-state index is 0.0274. The van der Waals surface area contributed by atoms with Crippen molar-refractivity contribution in [3.05, 3.63) is 40.9 Å². The zero-order valence-electron chi connectivity index (χ0n) is 10.5. The van der Waals surface area contributed by atoms with Crippen LogP contribution in [0, 0.1) is 6.92 Å². The number of thiazole rings is 1. The van der Waals surface area contributed by atoms with Gasteiger partial charge in [0.15, 0.2) is 0 Å². The minimum atomic E-state index is -0.367. The van der Waals surface area contributed by atoms with E-state index in [1.807, 2.05) is 30.5 Å². The highest BCUT2D eigenvalue weighted by Gasteiger charge is 2.29. The third-order valence-corrected chi connectivity index (χ3v) is 4.13. The first-order valence-electron chi connectivity index (χ1n) is 6.13. The summed E-state index contributed by atoms with van der Waals surface area (Å²) >= 11 is 1.58. The monoisotopic (exact) mass is 274 g/mol. The third-order valence-electron chi connectivity index (χ3n) is 3.12. The van der Waals surface area contributed by atoms with Crippen molar-refractivity contribution in [3.63, 3.8) is 0 Å². The Morgan fingerprint density at radius 2 is 2.26 bits per heavy atom. The van der Waals surface area contributed by atoms with Crippen LogP contribution < -0.4 is 0 Å². The van der Waals surface area contributed by atoms with Crippen molar-refractivity contribution in [3.8, 4) is 10.6 Å². The number of hydrogen-bond acceptors (Lipinski definition) is 4. The Morgan fingerprint density at radius 1 is 1.47 bits per heavy atom. The predicted molar refractivity (Wildman–Crippen MR) is 74.2 cm³/mol. The van der Waals surface area contributed by atoms with E-state index in [2.05, 4.69) is 4.98 Å². The Labute approximate surface area is 115 Å². The SMILES string of the molecule is Cc1csc(-c2cccc(C(=O)N3CC(O)C3)c2)n1. The molecule has 0 unspecified atom stereocenters. The molecule has 1 saturated heterocycles. The van der Waals surface area contributed by atoms with Gasteiger partial charge in [-0.05, 0) is 19.1 Å². The van der Waals surface area contributed by atoms with E-state index < -0.39 is 0 Å². The van der Waals surface area contributed by atoms with Crippen molar-refractivity contribution in [2.45, 2.75) is 13.0 Å². The summed E-state index contributed by atoms with van der Waals surface area (Å²) in [5.74, 6) is -0.0274. The molecule has 3 rings (SSSR count). The van der Waals surface area contributed by atoms with Crippen LogP contribution in [-0.2, 0) is 0 Å². The van der Waals surface area contributed by atoms with Crippen LogP contribution in [-0.4, -0.2) is 40.1 Å². The van der Waals surface area contributed by atoms with E-state index in [-0.39, 0.29) is 12.0 Å². The zero-order chi connectivity index (χ0) is 13.4. The van der Waals surface area contributed by atoms with Crippen LogP contribution >= 0.6 is 11.3 Å². The van der Waals surface area contributed by atoms with Gasteiger partial charge >= 0.3 is 0 Å². The number of nitrogens with zero attached hydrogens (tertiary/aromatic N) is 2. The van der Waals surface area contributed by atoms with Gasteiger partial charge in [-0.2, -0.15) is 0 Å². The number of benzene rings is 1. The zero-order valence-corrected chi connectivity index (χ0v) is 11.4. The molecule has 2 aromatic rings. The molecule has 19 heavy (non-hydrogen) atoms. The van der Waals surface area contributed by atoms with Crippen molar-refractivity contribution in [1.82, 2.24) is 9.88 Å². The fraction of sp³-hybridized carbons (Fsp3) is 0.286. The van der Waals surface area contributed by atoms with E-state index in [1.165, 1.54) is 0 Å². The van der Waals surface area contributed by atoms with Crippen LogP contribution in [0.5, 0.6) is 0 Å². The average Bonchev–Trinajstić information content (AvgIpc) is 2.81. The Morgan fingerprint density at radius 3 is 2.89 bits per heavy atom. The fourth-order valence-corrected chi connectivity index (χ4v) is 2.87. The molecule has 0 aliphatic carbocycles. The molecular formula is C14H14N2O2S. The molecule has 0 saturated carbocycles. The van der Waals surface area contributed by atoms with Crippen molar-refractivity contribution in [2.75, 3.05) is 13.1 Å². The Kier molecular flexibility index (Phi) is 3.08. The first kappa shape index (κ1) is 12.3. The normalized spacial score (nSPS) is 15.4. The minimum Gasteiger partial charge on any atom is -0.389 e. The molecule has 1 aromatic heterocycles. The van der Waals surface area contributed by atoms with Gasteiger partial charge in [0, 0.05) is 35.3 Å². The van der Waals surface area contributed by atoms with Gasteiger partial charge in [0.05, 0.1) is 6.10 Å². The molecule has 4 nitrogen and oxygen atoms in total. The third kappa shape index (κ3) is 2.39. The van der Waals surface area contributed by atoms with Crippen molar-refractivity contribution in [2.24, 2.45) is 0 Å². The number of carbonyl (C=O) groups excluding carboxylic acids is 1. The summed E-state index contributed by atoms with van der Waals surface area (Å²) in [7, 11) is 0. The molecule has 0 radical (unpaired) electrons. The van der Waals surface area contributed by atoms with Crippen LogP contribution in [0.4, 0.5) is 0 Å². The number of aliphatic hydroxyl groups excluding tert-OH is 1. The number of rotatable bonds is 2. The lowest BCUT2D eigenvalue weighted by Crippen LogP contribution is -2.53. The topological polar surface area (TPSA) is 53.4 Å². The average molecular weight is 274 g/mol. The molecule has 1 fully saturated rings. The lowest BCUT2D eigenvalue weighted by atomic mass is 10.1. The lowest BCUT2D eigenvalue weighted by molar-refractivity contribution is 0.00590. The second-order valence-corrected chi connectivity index (χ2v) is 5.60. The van der Waals surface area contributed by atoms with Crippen LogP contribution in [0.2, 0.25) is 0 Å². The van der Waals surface area contributed by atoms with Gasteiger partial charge in [-0.3, -0.25) is 4.79 Å². The molecule has 1 aromatic carbocycles. The number of hydrogen-bond donors (Lipinski definition) is 1. The van der Waals surface area contributed by atoms with E-state index in [0.717, 1.165) is 16.3 Å². The second-order valence-electron chi connectivity index (χ2n) is 4.74. The highest BCUT2D eigenvalue weighted by molar-refractivity contribution is 7.13. The summed E-state index contributed by atoms with van der Waals surface area (Å²) in [5.41, 5.74) is 2.60. The molecule has 0 bridgehead atoms. The van der Waals surface area contributed by atoms with E-state index >= 15 is 0 Å². The second kappa shape index (κ2) is 4.75. The van der Waals surface area contributed by atoms with Crippen molar-refractivity contribution >= 4 is 17.2 Å². The van der Waals surface area contributed by atoms with Crippen LogP contribution in [0.15, 0.2) is 29.6 Å². The lowest BCUT2D eigenvalue weighted by Gasteiger charge is -2.35. The number of aryl methyl sites for hydroxylation is 1. The molecular weight excluding hydrogens is 260 g/mol. The maximum absolute atomic E-state index is 12.2.